The topological polar surface area (TPSA) is 25.4 Å². The summed E-state index contributed by atoms with van der Waals surface area (Å²) in [6, 6.07) is 11.6. The highest BCUT2D eigenvalue weighted by Crippen LogP contribution is 2.23. The van der Waals surface area contributed by atoms with Gasteiger partial charge < -0.3 is 4.74 Å². The number of alkyl halides is 3. The minimum Gasteiger partial charge on any atom is -0.406 e. The summed E-state index contributed by atoms with van der Waals surface area (Å²) in [7, 11) is 1.93. The molecule has 0 saturated heterocycles. The van der Waals surface area contributed by atoms with E-state index in [1.54, 1.807) is 18.3 Å². The molecule has 2 aromatic rings. The Balaban J connectivity index is 1.91. The number of rotatable bonds is 5. The average Bonchev–Trinajstić information content (AvgIpc) is 2.40. The SMILES string of the molecule is CN(Cc1ccc(OC(F)(F)F)cc1)Cc1ccccn1. The van der Waals surface area contributed by atoms with Crippen LogP contribution in [0.2, 0.25) is 0 Å². The van der Waals surface area contributed by atoms with Gasteiger partial charge in [-0.05, 0) is 36.9 Å². The van der Waals surface area contributed by atoms with Gasteiger partial charge in [-0.1, -0.05) is 18.2 Å². The minimum absolute atomic E-state index is 0.210. The smallest absolute Gasteiger partial charge is 0.406 e. The number of hydrogen-bond donors (Lipinski definition) is 0. The normalized spacial score (nSPS) is 11.7. The number of halogens is 3. The highest BCUT2D eigenvalue weighted by atomic mass is 19.4. The molecule has 0 aliphatic heterocycles. The maximum atomic E-state index is 12.1. The van der Waals surface area contributed by atoms with E-state index in [0.717, 1.165) is 11.3 Å². The van der Waals surface area contributed by atoms with Crippen LogP contribution in [0.3, 0.4) is 0 Å². The van der Waals surface area contributed by atoms with Crippen LogP contribution in [0.25, 0.3) is 0 Å². The standard InChI is InChI=1S/C15H15F3N2O/c1-20(11-13-4-2-3-9-19-13)10-12-5-7-14(8-6-12)21-15(16,17)18/h2-9H,10-11H2,1H3. The molecule has 0 aliphatic carbocycles. The van der Waals surface area contributed by atoms with E-state index in [0.29, 0.717) is 13.1 Å². The van der Waals surface area contributed by atoms with Gasteiger partial charge in [0.05, 0.1) is 5.69 Å². The summed E-state index contributed by atoms with van der Waals surface area (Å²) in [5.41, 5.74) is 1.85. The minimum atomic E-state index is -4.66. The summed E-state index contributed by atoms with van der Waals surface area (Å²) in [5.74, 6) is -0.210. The quantitative estimate of drug-likeness (QED) is 0.842. The van der Waals surface area contributed by atoms with Crippen molar-refractivity contribution in [2.24, 2.45) is 0 Å². The molecule has 112 valence electrons. The van der Waals surface area contributed by atoms with E-state index in [1.807, 2.05) is 30.1 Å². The van der Waals surface area contributed by atoms with Gasteiger partial charge in [0.15, 0.2) is 0 Å². The van der Waals surface area contributed by atoms with Crippen molar-refractivity contribution in [1.82, 2.24) is 9.88 Å². The summed E-state index contributed by atoms with van der Waals surface area (Å²) in [6.07, 6.45) is -2.93. The van der Waals surface area contributed by atoms with Crippen molar-refractivity contribution in [3.05, 3.63) is 59.9 Å². The second-order valence-corrected chi connectivity index (χ2v) is 4.69. The first kappa shape index (κ1) is 15.3. The van der Waals surface area contributed by atoms with Gasteiger partial charge in [0, 0.05) is 19.3 Å². The van der Waals surface area contributed by atoms with Crippen LogP contribution in [0.15, 0.2) is 48.7 Å². The summed E-state index contributed by atoms with van der Waals surface area (Å²) in [4.78, 5) is 6.26. The summed E-state index contributed by atoms with van der Waals surface area (Å²) < 4.78 is 40.0. The summed E-state index contributed by atoms with van der Waals surface area (Å²) in [5, 5.41) is 0. The fourth-order valence-electron chi connectivity index (χ4n) is 1.93. The van der Waals surface area contributed by atoms with Gasteiger partial charge in [0.1, 0.15) is 5.75 Å². The lowest BCUT2D eigenvalue weighted by Crippen LogP contribution is -2.18. The monoisotopic (exact) mass is 296 g/mol. The van der Waals surface area contributed by atoms with Gasteiger partial charge in [-0.15, -0.1) is 13.2 Å². The van der Waals surface area contributed by atoms with Gasteiger partial charge in [-0.3, -0.25) is 9.88 Å². The number of aromatic nitrogens is 1. The Hall–Kier alpha value is -2.08. The van der Waals surface area contributed by atoms with Crippen LogP contribution < -0.4 is 4.74 Å². The van der Waals surface area contributed by atoms with Crippen LogP contribution >= 0.6 is 0 Å². The van der Waals surface area contributed by atoms with Gasteiger partial charge in [0.25, 0.3) is 0 Å². The van der Waals surface area contributed by atoms with Crippen molar-refractivity contribution >= 4 is 0 Å². The molecule has 1 aromatic heterocycles. The number of pyridine rings is 1. The maximum Gasteiger partial charge on any atom is 0.573 e. The molecule has 0 saturated carbocycles. The fourth-order valence-corrected chi connectivity index (χ4v) is 1.93. The van der Waals surface area contributed by atoms with Crippen molar-refractivity contribution in [3.8, 4) is 5.75 Å². The van der Waals surface area contributed by atoms with E-state index in [1.165, 1.54) is 12.1 Å². The zero-order chi connectivity index (χ0) is 15.3. The highest BCUT2D eigenvalue weighted by molar-refractivity contribution is 5.27. The van der Waals surface area contributed by atoms with E-state index in [-0.39, 0.29) is 5.75 Å². The molecule has 6 heteroatoms. The van der Waals surface area contributed by atoms with Crippen molar-refractivity contribution < 1.29 is 17.9 Å². The largest absolute Gasteiger partial charge is 0.573 e. The Labute approximate surface area is 121 Å². The van der Waals surface area contributed by atoms with Gasteiger partial charge >= 0.3 is 6.36 Å². The number of hydrogen-bond acceptors (Lipinski definition) is 3. The molecule has 0 unspecified atom stereocenters. The molecular weight excluding hydrogens is 281 g/mol. The third-order valence-corrected chi connectivity index (χ3v) is 2.77. The third kappa shape index (κ3) is 5.43. The van der Waals surface area contributed by atoms with Crippen molar-refractivity contribution in [2.45, 2.75) is 19.5 Å². The van der Waals surface area contributed by atoms with Crippen molar-refractivity contribution in [2.75, 3.05) is 7.05 Å². The molecule has 0 aliphatic rings. The van der Waals surface area contributed by atoms with Gasteiger partial charge in [-0.2, -0.15) is 0 Å². The molecule has 0 radical (unpaired) electrons. The molecule has 3 nitrogen and oxygen atoms in total. The van der Waals surface area contributed by atoms with Crippen LogP contribution in [0.1, 0.15) is 11.3 Å². The van der Waals surface area contributed by atoms with Crippen molar-refractivity contribution in [1.29, 1.82) is 0 Å². The first-order valence-electron chi connectivity index (χ1n) is 6.35. The Morgan fingerprint density at radius 3 is 2.33 bits per heavy atom. The highest BCUT2D eigenvalue weighted by Gasteiger charge is 2.30. The van der Waals surface area contributed by atoms with Crippen LogP contribution in [0.4, 0.5) is 13.2 Å². The molecular formula is C15H15F3N2O. The molecule has 0 fully saturated rings. The van der Waals surface area contributed by atoms with Crippen LogP contribution in [0, 0.1) is 0 Å². The average molecular weight is 296 g/mol. The Kier molecular flexibility index (Phi) is 4.80. The van der Waals surface area contributed by atoms with Crippen LogP contribution in [-0.2, 0) is 13.1 Å². The maximum absolute atomic E-state index is 12.1. The molecule has 0 atom stereocenters. The van der Waals surface area contributed by atoms with Gasteiger partial charge in [-0.25, -0.2) is 0 Å². The molecule has 0 amide bonds. The van der Waals surface area contributed by atoms with E-state index in [9.17, 15) is 13.2 Å². The second kappa shape index (κ2) is 6.58. The lowest BCUT2D eigenvalue weighted by atomic mass is 10.2. The third-order valence-electron chi connectivity index (χ3n) is 2.77. The van der Waals surface area contributed by atoms with E-state index in [4.69, 9.17) is 0 Å². The van der Waals surface area contributed by atoms with Crippen LogP contribution in [0.5, 0.6) is 5.75 Å². The fraction of sp³-hybridized carbons (Fsp3) is 0.267. The Morgan fingerprint density at radius 2 is 1.76 bits per heavy atom. The predicted octanol–water partition coefficient (Wildman–Crippen LogP) is 3.61. The number of nitrogens with zero attached hydrogens (tertiary/aromatic N) is 2. The van der Waals surface area contributed by atoms with E-state index in [2.05, 4.69) is 9.72 Å². The molecule has 2 rings (SSSR count). The van der Waals surface area contributed by atoms with E-state index >= 15 is 0 Å². The summed E-state index contributed by atoms with van der Waals surface area (Å²) >= 11 is 0. The molecule has 0 bridgehead atoms. The Bertz CT molecular complexity index is 555. The zero-order valence-corrected chi connectivity index (χ0v) is 11.5. The molecule has 0 spiro atoms. The Morgan fingerprint density at radius 1 is 1.05 bits per heavy atom. The molecule has 1 heterocycles. The zero-order valence-electron chi connectivity index (χ0n) is 11.5. The number of benzene rings is 1. The van der Waals surface area contributed by atoms with E-state index < -0.39 is 6.36 Å². The first-order valence-corrected chi connectivity index (χ1v) is 6.35. The van der Waals surface area contributed by atoms with Gasteiger partial charge in [0.2, 0.25) is 0 Å². The molecule has 21 heavy (non-hydrogen) atoms. The first-order chi connectivity index (χ1) is 9.92. The predicted molar refractivity (Wildman–Crippen MR) is 72.5 cm³/mol. The van der Waals surface area contributed by atoms with Crippen molar-refractivity contribution in [3.63, 3.8) is 0 Å². The lowest BCUT2D eigenvalue weighted by Gasteiger charge is -2.16. The molecule has 0 N–H and O–H groups in total. The summed E-state index contributed by atoms with van der Waals surface area (Å²) in [6.45, 7) is 1.28. The second-order valence-electron chi connectivity index (χ2n) is 4.69. The van der Waals surface area contributed by atoms with Crippen LogP contribution in [-0.4, -0.2) is 23.3 Å². The lowest BCUT2D eigenvalue weighted by molar-refractivity contribution is -0.274. The molecule has 1 aromatic carbocycles. The number of ether oxygens (including phenoxy) is 1.